The first-order chi connectivity index (χ1) is 21.7. The monoisotopic (exact) mass is 656 g/mol. The fraction of sp³-hybridized carbons (Fsp3) is 0.375. The van der Waals surface area contributed by atoms with E-state index in [-0.39, 0.29) is 28.9 Å². The van der Waals surface area contributed by atoms with Gasteiger partial charge in [-0.05, 0) is 94.8 Å². The summed E-state index contributed by atoms with van der Waals surface area (Å²) in [6, 6.07) is 8.88. The number of halogens is 3. The molecule has 244 valence electrons. The molecule has 0 aliphatic heterocycles. The van der Waals surface area contributed by atoms with Crippen molar-refractivity contribution < 1.29 is 31.1 Å². The van der Waals surface area contributed by atoms with E-state index in [0.29, 0.717) is 22.5 Å². The van der Waals surface area contributed by atoms with Crippen LogP contribution in [0.4, 0.5) is 29.6 Å². The van der Waals surface area contributed by atoms with E-state index < -0.39 is 50.6 Å². The van der Waals surface area contributed by atoms with Gasteiger partial charge in [-0.3, -0.25) is 4.72 Å². The molecule has 46 heavy (non-hydrogen) atoms. The van der Waals surface area contributed by atoms with Crippen LogP contribution in [0.1, 0.15) is 57.6 Å². The molecular weight excluding hydrogens is 621 g/mol. The number of hydrogen-bond acceptors (Lipinski definition) is 8. The lowest BCUT2D eigenvalue weighted by atomic mass is 9.91. The van der Waals surface area contributed by atoms with Crippen molar-refractivity contribution in [1.29, 1.82) is 0 Å². The molecule has 5 rings (SSSR count). The molecule has 0 unspecified atom stereocenters. The van der Waals surface area contributed by atoms with Crippen molar-refractivity contribution in [2.24, 2.45) is 0 Å². The zero-order chi connectivity index (χ0) is 33.2. The van der Waals surface area contributed by atoms with Gasteiger partial charge in [0.05, 0.1) is 28.8 Å². The summed E-state index contributed by atoms with van der Waals surface area (Å²) in [5.74, 6) is -3.33. The Morgan fingerprint density at radius 2 is 1.63 bits per heavy atom. The molecule has 10 nitrogen and oxygen atoms in total. The molecule has 1 fully saturated rings. The van der Waals surface area contributed by atoms with Crippen LogP contribution in [0.15, 0.2) is 48.7 Å². The molecule has 2 aromatic carbocycles. The van der Waals surface area contributed by atoms with Crippen LogP contribution in [0.2, 0.25) is 0 Å². The average Bonchev–Trinajstić information content (AvgIpc) is 2.97. The maximum Gasteiger partial charge on any atom is 0.407 e. The Balaban J connectivity index is 1.26. The number of nitrogens with one attached hydrogen (secondary N) is 3. The molecule has 0 radical (unpaired) electrons. The van der Waals surface area contributed by atoms with Crippen LogP contribution in [0.5, 0.6) is 0 Å². The van der Waals surface area contributed by atoms with Crippen molar-refractivity contribution in [2.75, 3.05) is 10.0 Å². The van der Waals surface area contributed by atoms with Crippen molar-refractivity contribution in [3.63, 3.8) is 0 Å². The Hall–Kier alpha value is -4.46. The van der Waals surface area contributed by atoms with Gasteiger partial charge in [-0.15, -0.1) is 0 Å². The quantitative estimate of drug-likeness (QED) is 0.193. The Bertz CT molecular complexity index is 1860. The third kappa shape index (κ3) is 8.22. The summed E-state index contributed by atoms with van der Waals surface area (Å²) in [7, 11) is -4.12. The number of alkyl carbamates (subject to hydrolysis) is 1. The first-order valence-corrected chi connectivity index (χ1v) is 16.4. The minimum atomic E-state index is -4.12. The number of pyridine rings is 1. The predicted molar refractivity (Wildman–Crippen MR) is 169 cm³/mol. The molecule has 3 N–H and O–H groups in total. The van der Waals surface area contributed by atoms with Gasteiger partial charge in [0.25, 0.3) is 0 Å². The third-order valence-corrected chi connectivity index (χ3v) is 8.66. The number of rotatable bonds is 8. The predicted octanol–water partition coefficient (Wildman–Crippen LogP) is 6.61. The number of nitrogens with zero attached hydrogens (tertiary/aromatic N) is 3. The van der Waals surface area contributed by atoms with E-state index in [4.69, 9.17) is 4.74 Å². The highest BCUT2D eigenvalue weighted by molar-refractivity contribution is 7.91. The number of aromatic nitrogens is 3. The Morgan fingerprint density at radius 3 is 2.30 bits per heavy atom. The first kappa shape index (κ1) is 32.9. The van der Waals surface area contributed by atoms with Crippen molar-refractivity contribution in [3.05, 3.63) is 77.2 Å². The third-order valence-electron chi connectivity index (χ3n) is 7.41. The van der Waals surface area contributed by atoms with E-state index in [1.807, 2.05) is 20.8 Å². The van der Waals surface area contributed by atoms with E-state index in [0.717, 1.165) is 43.9 Å². The number of aryl methyl sites for hydroxylation is 1. The first-order valence-electron chi connectivity index (χ1n) is 14.8. The number of anilines is 2. The van der Waals surface area contributed by atoms with Gasteiger partial charge in [0.1, 0.15) is 16.9 Å². The van der Waals surface area contributed by atoms with Crippen LogP contribution in [0, 0.1) is 24.4 Å². The summed E-state index contributed by atoms with van der Waals surface area (Å²) in [6.07, 6.45) is 4.20. The van der Waals surface area contributed by atoms with Crippen LogP contribution >= 0.6 is 0 Å². The standard InChI is InChI=1S/C32H35F3N6O4S/c1-18-15-25(23-13-14-24(28(35)27(23)34)41-46(43,44)17-19-5-7-20(33)8-6-19)39-26-16-36-30(40-29(18)26)37-21-9-11-22(12-10-21)38-31(42)45-32(2,3)4/h5-8,13-16,21-22,41H,9-12,17H2,1-4H3,(H,38,42)(H,36,37,40)/t21-,22-. The smallest absolute Gasteiger partial charge is 0.407 e. The molecule has 2 heterocycles. The second kappa shape index (κ2) is 13.1. The highest BCUT2D eigenvalue weighted by Gasteiger charge is 2.26. The normalized spacial score (nSPS) is 17.0. The van der Waals surface area contributed by atoms with E-state index in [9.17, 15) is 17.6 Å². The maximum absolute atomic E-state index is 15.3. The summed E-state index contributed by atoms with van der Waals surface area (Å²) < 4.78 is 76.0. The lowest BCUT2D eigenvalue weighted by Crippen LogP contribution is -2.42. The van der Waals surface area contributed by atoms with E-state index in [1.54, 1.807) is 13.0 Å². The van der Waals surface area contributed by atoms with Crippen molar-refractivity contribution in [2.45, 2.75) is 76.8 Å². The zero-order valence-electron chi connectivity index (χ0n) is 25.8. The van der Waals surface area contributed by atoms with Crippen LogP contribution in [0.3, 0.4) is 0 Å². The lowest BCUT2D eigenvalue weighted by molar-refractivity contribution is 0.0492. The van der Waals surface area contributed by atoms with Gasteiger partial charge in [0.15, 0.2) is 11.6 Å². The number of carbonyl (C=O) groups is 1. The van der Waals surface area contributed by atoms with Gasteiger partial charge in [-0.2, -0.15) is 0 Å². The molecule has 1 aliphatic rings. The summed E-state index contributed by atoms with van der Waals surface area (Å²) in [6.45, 7) is 7.23. The summed E-state index contributed by atoms with van der Waals surface area (Å²) in [5.41, 5.74) is 0.680. The maximum atomic E-state index is 15.3. The molecule has 0 atom stereocenters. The Kier molecular flexibility index (Phi) is 9.38. The van der Waals surface area contributed by atoms with Gasteiger partial charge >= 0.3 is 6.09 Å². The fourth-order valence-electron chi connectivity index (χ4n) is 5.26. The molecule has 1 saturated carbocycles. The van der Waals surface area contributed by atoms with E-state index in [1.165, 1.54) is 24.4 Å². The number of carbonyl (C=O) groups excluding carboxylic acids is 1. The molecule has 4 aromatic rings. The Labute approximate surface area is 265 Å². The van der Waals surface area contributed by atoms with Gasteiger partial charge in [-0.1, -0.05) is 12.1 Å². The minimum absolute atomic E-state index is 0.0243. The fourth-order valence-corrected chi connectivity index (χ4v) is 6.46. The van der Waals surface area contributed by atoms with E-state index in [2.05, 4.69) is 30.3 Å². The van der Waals surface area contributed by atoms with Crippen LogP contribution in [-0.2, 0) is 20.5 Å². The summed E-state index contributed by atoms with van der Waals surface area (Å²) in [5, 5.41) is 6.26. The molecule has 0 spiro atoms. The molecule has 14 heteroatoms. The molecular formula is C32H35F3N6O4S. The molecule has 2 aromatic heterocycles. The SMILES string of the molecule is Cc1cc(-c2ccc(NS(=O)(=O)Cc3ccc(F)cc3)c(F)c2F)nc2cnc(N[C@H]3CC[C@H](NC(=O)OC(C)(C)C)CC3)nc12. The highest BCUT2D eigenvalue weighted by Crippen LogP contribution is 2.31. The number of fused-ring (bicyclic) bond motifs is 1. The van der Waals surface area contributed by atoms with Crippen molar-refractivity contribution >= 4 is 38.8 Å². The Morgan fingerprint density at radius 1 is 0.957 bits per heavy atom. The molecule has 0 saturated heterocycles. The molecule has 1 amide bonds. The van der Waals surface area contributed by atoms with Crippen LogP contribution < -0.4 is 15.4 Å². The van der Waals surface area contributed by atoms with Gasteiger partial charge < -0.3 is 15.4 Å². The zero-order valence-corrected chi connectivity index (χ0v) is 26.6. The van der Waals surface area contributed by atoms with Gasteiger partial charge in [-0.25, -0.2) is 41.3 Å². The number of benzene rings is 2. The van der Waals surface area contributed by atoms with Crippen molar-refractivity contribution in [3.8, 4) is 11.3 Å². The molecule has 0 bridgehead atoms. The summed E-state index contributed by atoms with van der Waals surface area (Å²) >= 11 is 0. The van der Waals surface area contributed by atoms with Gasteiger partial charge in [0.2, 0.25) is 16.0 Å². The van der Waals surface area contributed by atoms with Gasteiger partial charge in [0, 0.05) is 17.6 Å². The average molecular weight is 657 g/mol. The van der Waals surface area contributed by atoms with Crippen LogP contribution in [-0.4, -0.2) is 47.1 Å². The number of ether oxygens (including phenoxy) is 1. The topological polar surface area (TPSA) is 135 Å². The second-order valence-corrected chi connectivity index (χ2v) is 14.1. The van der Waals surface area contributed by atoms with E-state index >= 15 is 8.78 Å². The number of amides is 1. The van der Waals surface area contributed by atoms with Crippen LogP contribution in [0.25, 0.3) is 22.3 Å². The summed E-state index contributed by atoms with van der Waals surface area (Å²) in [4.78, 5) is 25.5. The van der Waals surface area contributed by atoms with Crippen molar-refractivity contribution in [1.82, 2.24) is 20.3 Å². The number of sulfonamides is 1. The highest BCUT2D eigenvalue weighted by atomic mass is 32.2. The lowest BCUT2D eigenvalue weighted by Gasteiger charge is -2.30. The molecule has 1 aliphatic carbocycles. The number of hydrogen-bond donors (Lipinski definition) is 3. The second-order valence-electron chi connectivity index (χ2n) is 12.4. The minimum Gasteiger partial charge on any atom is -0.444 e. The largest absolute Gasteiger partial charge is 0.444 e.